The summed E-state index contributed by atoms with van der Waals surface area (Å²) in [7, 11) is 1.69. The van der Waals surface area contributed by atoms with Crippen molar-refractivity contribution >= 4 is 12.4 Å². The van der Waals surface area contributed by atoms with Gasteiger partial charge in [-0.3, -0.25) is 0 Å². The number of halogens is 1. The van der Waals surface area contributed by atoms with E-state index in [0.717, 1.165) is 37.1 Å². The third-order valence-corrected chi connectivity index (χ3v) is 3.29. The maximum Gasteiger partial charge on any atom is 0.123 e. The van der Waals surface area contributed by atoms with E-state index in [2.05, 4.69) is 26.0 Å². The van der Waals surface area contributed by atoms with Gasteiger partial charge in [0.15, 0.2) is 0 Å². The summed E-state index contributed by atoms with van der Waals surface area (Å²) in [4.78, 5) is 0. The van der Waals surface area contributed by atoms with Crippen LogP contribution < -0.4 is 16.2 Å². The summed E-state index contributed by atoms with van der Waals surface area (Å²) >= 11 is 0. The van der Waals surface area contributed by atoms with Crippen molar-refractivity contribution in [1.29, 1.82) is 0 Å². The molecule has 0 spiro atoms. The lowest BCUT2D eigenvalue weighted by molar-refractivity contribution is 0.403. The molecule has 110 valence electrons. The van der Waals surface area contributed by atoms with Gasteiger partial charge in [-0.1, -0.05) is 32.4 Å². The van der Waals surface area contributed by atoms with E-state index in [0.29, 0.717) is 5.92 Å². The highest BCUT2D eigenvalue weighted by Crippen LogP contribution is 2.30. The normalized spacial score (nSPS) is 12.1. The van der Waals surface area contributed by atoms with E-state index in [-0.39, 0.29) is 18.4 Å². The van der Waals surface area contributed by atoms with Gasteiger partial charge in [-0.15, -0.1) is 12.4 Å². The molecule has 0 aliphatic rings. The van der Waals surface area contributed by atoms with Crippen LogP contribution in [0.5, 0.6) is 5.75 Å². The second-order valence-electron chi connectivity index (χ2n) is 5.05. The molecule has 0 bridgehead atoms. The van der Waals surface area contributed by atoms with Gasteiger partial charge >= 0.3 is 0 Å². The Labute approximate surface area is 123 Å². The van der Waals surface area contributed by atoms with Crippen molar-refractivity contribution in [1.82, 2.24) is 0 Å². The maximum atomic E-state index is 6.26. The van der Waals surface area contributed by atoms with Crippen LogP contribution in [0.15, 0.2) is 18.2 Å². The summed E-state index contributed by atoms with van der Waals surface area (Å²) in [6.07, 6.45) is 3.04. The third-order valence-electron chi connectivity index (χ3n) is 3.29. The second-order valence-corrected chi connectivity index (χ2v) is 5.05. The minimum atomic E-state index is 0. The molecule has 1 atom stereocenters. The number of hydrogen-bond acceptors (Lipinski definition) is 3. The minimum Gasteiger partial charge on any atom is -0.496 e. The lowest BCUT2D eigenvalue weighted by Crippen LogP contribution is -2.13. The van der Waals surface area contributed by atoms with Crippen LogP contribution in [0.2, 0.25) is 0 Å². The molecule has 1 aromatic carbocycles. The van der Waals surface area contributed by atoms with Crippen LogP contribution >= 0.6 is 12.4 Å². The average molecular weight is 287 g/mol. The molecule has 3 nitrogen and oxygen atoms in total. The fourth-order valence-corrected chi connectivity index (χ4v) is 2.07. The minimum absolute atomic E-state index is 0. The third kappa shape index (κ3) is 5.39. The van der Waals surface area contributed by atoms with Gasteiger partial charge in [0.05, 0.1) is 7.11 Å². The van der Waals surface area contributed by atoms with E-state index in [1.807, 2.05) is 6.07 Å². The van der Waals surface area contributed by atoms with E-state index in [1.165, 1.54) is 5.56 Å². The quantitative estimate of drug-likeness (QED) is 0.756. The van der Waals surface area contributed by atoms with Crippen molar-refractivity contribution in [2.24, 2.45) is 11.5 Å². The van der Waals surface area contributed by atoms with Gasteiger partial charge in [0.2, 0.25) is 0 Å². The Bertz CT molecular complexity index is 369. The Morgan fingerprint density at radius 3 is 2.42 bits per heavy atom. The highest BCUT2D eigenvalue weighted by Gasteiger charge is 2.13. The molecule has 0 fully saturated rings. The van der Waals surface area contributed by atoms with Crippen molar-refractivity contribution in [3.63, 3.8) is 0 Å². The predicted molar refractivity (Wildman–Crippen MR) is 84.2 cm³/mol. The van der Waals surface area contributed by atoms with Crippen LogP contribution in [0.4, 0.5) is 0 Å². The van der Waals surface area contributed by atoms with Gasteiger partial charge in [0, 0.05) is 11.6 Å². The highest BCUT2D eigenvalue weighted by atomic mass is 35.5. The van der Waals surface area contributed by atoms with Crippen molar-refractivity contribution in [3.05, 3.63) is 29.3 Å². The molecule has 0 aliphatic heterocycles. The molecule has 0 aliphatic carbocycles. The molecule has 19 heavy (non-hydrogen) atoms. The van der Waals surface area contributed by atoms with Crippen LogP contribution in [0, 0.1) is 0 Å². The molecule has 0 saturated carbocycles. The first-order chi connectivity index (χ1) is 8.60. The van der Waals surface area contributed by atoms with Crippen LogP contribution in [0.25, 0.3) is 0 Å². The number of unbranched alkanes of at least 4 members (excludes halogenated alkanes) is 1. The summed E-state index contributed by atoms with van der Waals surface area (Å²) in [5.41, 5.74) is 14.2. The molecule has 0 amide bonds. The topological polar surface area (TPSA) is 61.3 Å². The predicted octanol–water partition coefficient (Wildman–Crippen LogP) is 3.37. The summed E-state index contributed by atoms with van der Waals surface area (Å²) in [5, 5.41) is 0. The van der Waals surface area contributed by atoms with Crippen molar-refractivity contribution < 1.29 is 4.74 Å². The number of hydrogen-bond donors (Lipinski definition) is 2. The lowest BCUT2D eigenvalue weighted by Gasteiger charge is -2.18. The maximum absolute atomic E-state index is 6.26. The molecular formula is C15H27ClN2O. The Morgan fingerprint density at radius 2 is 1.89 bits per heavy atom. The number of rotatable bonds is 7. The first kappa shape index (κ1) is 18.2. The van der Waals surface area contributed by atoms with E-state index >= 15 is 0 Å². The highest BCUT2D eigenvalue weighted by molar-refractivity contribution is 5.85. The standard InChI is InChI=1S/C15H26N2O.ClH/c1-11(2)12-7-8-15(18-3)13(10-12)14(17)6-4-5-9-16;/h7-8,10-11,14H,4-6,9,16-17H2,1-3H3;1H/t14-;/m1./s1. The zero-order chi connectivity index (χ0) is 13.5. The van der Waals surface area contributed by atoms with E-state index < -0.39 is 0 Å². The fourth-order valence-electron chi connectivity index (χ4n) is 2.07. The second kappa shape index (κ2) is 9.18. The summed E-state index contributed by atoms with van der Waals surface area (Å²) in [6, 6.07) is 6.34. The van der Waals surface area contributed by atoms with Gasteiger partial charge in [-0.05, 0) is 36.9 Å². The zero-order valence-corrected chi connectivity index (χ0v) is 13.0. The Kier molecular flexibility index (Phi) is 8.81. The molecule has 0 radical (unpaired) electrons. The first-order valence-corrected chi connectivity index (χ1v) is 6.73. The average Bonchev–Trinajstić information content (AvgIpc) is 2.38. The molecular weight excluding hydrogens is 260 g/mol. The summed E-state index contributed by atoms with van der Waals surface area (Å²) in [5.74, 6) is 1.39. The SMILES string of the molecule is COc1ccc(C(C)C)cc1[C@H](N)CCCCN.Cl. The van der Waals surface area contributed by atoms with Crippen LogP contribution in [0.3, 0.4) is 0 Å². The molecule has 1 aromatic rings. The van der Waals surface area contributed by atoms with Gasteiger partial charge < -0.3 is 16.2 Å². The van der Waals surface area contributed by atoms with Crippen LogP contribution in [-0.4, -0.2) is 13.7 Å². The fraction of sp³-hybridized carbons (Fsp3) is 0.600. The van der Waals surface area contributed by atoms with E-state index in [9.17, 15) is 0 Å². The number of benzene rings is 1. The zero-order valence-electron chi connectivity index (χ0n) is 12.2. The monoisotopic (exact) mass is 286 g/mol. The molecule has 1 rings (SSSR count). The smallest absolute Gasteiger partial charge is 0.123 e. The lowest BCUT2D eigenvalue weighted by atomic mass is 9.95. The number of ether oxygens (including phenoxy) is 1. The number of methoxy groups -OCH3 is 1. The molecule has 4 heteroatoms. The van der Waals surface area contributed by atoms with Crippen molar-refractivity contribution in [2.75, 3.05) is 13.7 Å². The van der Waals surface area contributed by atoms with Gasteiger partial charge in [-0.25, -0.2) is 0 Å². The molecule has 4 N–H and O–H groups in total. The summed E-state index contributed by atoms with van der Waals surface area (Å²) < 4.78 is 5.40. The van der Waals surface area contributed by atoms with E-state index in [1.54, 1.807) is 7.11 Å². The van der Waals surface area contributed by atoms with Gasteiger partial charge in [-0.2, -0.15) is 0 Å². The first-order valence-electron chi connectivity index (χ1n) is 6.73. The Morgan fingerprint density at radius 1 is 1.21 bits per heavy atom. The van der Waals surface area contributed by atoms with Crippen LogP contribution in [-0.2, 0) is 0 Å². The largest absolute Gasteiger partial charge is 0.496 e. The van der Waals surface area contributed by atoms with Crippen molar-refractivity contribution in [2.45, 2.75) is 45.1 Å². The van der Waals surface area contributed by atoms with Crippen molar-refractivity contribution in [3.8, 4) is 5.75 Å². The van der Waals surface area contributed by atoms with Gasteiger partial charge in [0.1, 0.15) is 5.75 Å². The van der Waals surface area contributed by atoms with E-state index in [4.69, 9.17) is 16.2 Å². The summed E-state index contributed by atoms with van der Waals surface area (Å²) in [6.45, 7) is 5.10. The Hall–Kier alpha value is -0.770. The van der Waals surface area contributed by atoms with Gasteiger partial charge in [0.25, 0.3) is 0 Å². The molecule has 0 aromatic heterocycles. The molecule has 0 heterocycles. The number of nitrogens with two attached hydrogens (primary N) is 2. The Balaban J connectivity index is 0.00000324. The molecule has 0 unspecified atom stereocenters. The molecule has 0 saturated heterocycles. The van der Waals surface area contributed by atoms with Crippen LogP contribution in [0.1, 0.15) is 56.2 Å².